The maximum absolute atomic E-state index is 10.3. The van der Waals surface area contributed by atoms with Gasteiger partial charge >= 0.3 is 5.97 Å². The minimum Gasteiger partial charge on any atom is -0.870 e. The number of carboxylic acid groups (broad SMARTS) is 1. The third-order valence-corrected chi connectivity index (χ3v) is 2.37. The Kier molecular flexibility index (Phi) is 9.60. The fourth-order valence-corrected chi connectivity index (χ4v) is 1.43. The van der Waals surface area contributed by atoms with Crippen LogP contribution in [0.15, 0.2) is 0 Å². The Hall–Kier alpha value is -0.690. The summed E-state index contributed by atoms with van der Waals surface area (Å²) < 4.78 is 0.528. The molecule has 92 valence electrons. The van der Waals surface area contributed by atoms with Crippen molar-refractivity contribution in [2.24, 2.45) is 0 Å². The van der Waals surface area contributed by atoms with E-state index in [2.05, 4.69) is 0 Å². The van der Waals surface area contributed by atoms with E-state index in [0.717, 1.165) is 0 Å². The van der Waals surface area contributed by atoms with Crippen molar-refractivity contribution >= 4 is 5.97 Å². The lowest BCUT2D eigenvalue weighted by atomic mass is 10.2. The van der Waals surface area contributed by atoms with Crippen LogP contribution in [0.5, 0.6) is 0 Å². The molecular weight excluding hydrogens is 202 g/mol. The molecule has 0 saturated carbocycles. The number of aliphatic hydroxyl groups excluding tert-OH is 2. The van der Waals surface area contributed by atoms with Crippen LogP contribution >= 0.6 is 0 Å². The highest BCUT2D eigenvalue weighted by Gasteiger charge is 2.19. The Labute approximate surface area is 89.7 Å². The minimum atomic E-state index is -0.801. The molecule has 0 aliphatic rings. The van der Waals surface area contributed by atoms with Crippen molar-refractivity contribution in [2.45, 2.75) is 12.8 Å². The second-order valence-corrected chi connectivity index (χ2v) is 3.73. The van der Waals surface area contributed by atoms with Crippen LogP contribution < -0.4 is 0 Å². The highest BCUT2D eigenvalue weighted by atomic mass is 16.4. The van der Waals surface area contributed by atoms with Crippen molar-refractivity contribution in [1.29, 1.82) is 0 Å². The molecule has 6 heteroatoms. The topological polar surface area (TPSA) is 108 Å². The molecule has 0 spiro atoms. The number of carboxylic acids is 1. The van der Waals surface area contributed by atoms with Crippen molar-refractivity contribution in [2.75, 3.05) is 39.9 Å². The maximum atomic E-state index is 10.3. The standard InChI is InChI=1S/C9H19NO4.H2O/c1-10(5-7-11,6-8-12)4-2-3-9(13)14;/h11-12H,2-8H2,1H3;1H2. The summed E-state index contributed by atoms with van der Waals surface area (Å²) in [6.45, 7) is 1.90. The minimum absolute atomic E-state index is 0. The van der Waals surface area contributed by atoms with Gasteiger partial charge in [0.1, 0.15) is 13.1 Å². The third kappa shape index (κ3) is 8.31. The Morgan fingerprint density at radius 3 is 1.93 bits per heavy atom. The molecule has 0 aliphatic heterocycles. The average Bonchev–Trinajstić information content (AvgIpc) is 2.03. The van der Waals surface area contributed by atoms with E-state index in [0.29, 0.717) is 30.5 Å². The quantitative estimate of drug-likeness (QED) is 0.462. The molecule has 0 aromatic heterocycles. The normalized spacial score (nSPS) is 10.9. The van der Waals surface area contributed by atoms with Gasteiger partial charge in [0.2, 0.25) is 0 Å². The lowest BCUT2D eigenvalue weighted by Crippen LogP contribution is -2.48. The summed E-state index contributed by atoms with van der Waals surface area (Å²) >= 11 is 0. The SMILES string of the molecule is C[N+](CCO)(CCO)CCCC(=O)O.[OH-]. The van der Waals surface area contributed by atoms with Crippen LogP contribution in [0.25, 0.3) is 0 Å². The Bertz CT molecular complexity index is 168. The molecule has 0 saturated heterocycles. The molecule has 0 aromatic rings. The summed E-state index contributed by atoms with van der Waals surface area (Å²) in [4.78, 5) is 10.3. The number of carbonyl (C=O) groups is 1. The van der Waals surface area contributed by atoms with Gasteiger partial charge in [-0.3, -0.25) is 4.79 Å². The molecule has 0 atom stereocenters. The smallest absolute Gasteiger partial charge is 0.303 e. The fourth-order valence-electron chi connectivity index (χ4n) is 1.43. The van der Waals surface area contributed by atoms with Crippen LogP contribution in [-0.2, 0) is 4.79 Å². The predicted molar refractivity (Wildman–Crippen MR) is 53.8 cm³/mol. The van der Waals surface area contributed by atoms with Gasteiger partial charge in [-0.25, -0.2) is 0 Å². The molecule has 0 aliphatic carbocycles. The first kappa shape index (κ1) is 16.7. The maximum Gasteiger partial charge on any atom is 0.303 e. The van der Waals surface area contributed by atoms with Gasteiger partial charge in [0.05, 0.1) is 33.2 Å². The van der Waals surface area contributed by atoms with Crippen LogP contribution in [0, 0.1) is 0 Å². The monoisotopic (exact) mass is 223 g/mol. The molecule has 4 N–H and O–H groups in total. The van der Waals surface area contributed by atoms with Gasteiger partial charge in [0.15, 0.2) is 0 Å². The lowest BCUT2D eigenvalue weighted by molar-refractivity contribution is -0.910. The highest BCUT2D eigenvalue weighted by molar-refractivity contribution is 5.66. The number of nitrogens with zero attached hydrogens (tertiary/aromatic N) is 1. The first-order valence-corrected chi connectivity index (χ1v) is 4.81. The van der Waals surface area contributed by atoms with Crippen molar-refractivity contribution in [3.8, 4) is 0 Å². The van der Waals surface area contributed by atoms with Crippen molar-refractivity contribution in [3.63, 3.8) is 0 Å². The summed E-state index contributed by atoms with van der Waals surface area (Å²) in [7, 11) is 1.91. The number of likely N-dealkylation sites (N-methyl/N-ethyl adjacent to an activating group) is 1. The Balaban J connectivity index is 0. The summed E-state index contributed by atoms with van der Waals surface area (Å²) in [6, 6.07) is 0. The molecular formula is C9H21NO5. The molecule has 0 rings (SSSR count). The fraction of sp³-hybridized carbons (Fsp3) is 0.889. The van der Waals surface area contributed by atoms with Gasteiger partial charge in [-0.15, -0.1) is 0 Å². The number of hydrogen-bond donors (Lipinski definition) is 3. The zero-order chi connectivity index (χ0) is 11.0. The number of aliphatic carboxylic acids is 1. The zero-order valence-corrected chi connectivity index (χ0v) is 9.09. The summed E-state index contributed by atoms with van der Waals surface area (Å²) in [6.07, 6.45) is 0.719. The number of aliphatic hydroxyl groups is 2. The van der Waals surface area contributed by atoms with E-state index in [9.17, 15) is 4.79 Å². The second-order valence-electron chi connectivity index (χ2n) is 3.73. The van der Waals surface area contributed by atoms with Gasteiger partial charge in [-0.1, -0.05) is 0 Å². The van der Waals surface area contributed by atoms with Gasteiger partial charge in [-0.05, 0) is 0 Å². The number of rotatable bonds is 8. The number of quaternary nitrogens is 1. The Morgan fingerprint density at radius 1 is 1.13 bits per heavy atom. The predicted octanol–water partition coefficient (Wildman–Crippen LogP) is -0.894. The zero-order valence-electron chi connectivity index (χ0n) is 9.09. The van der Waals surface area contributed by atoms with E-state index in [-0.39, 0.29) is 25.1 Å². The van der Waals surface area contributed by atoms with Gasteiger partial charge in [0.25, 0.3) is 0 Å². The van der Waals surface area contributed by atoms with Crippen LogP contribution in [-0.4, -0.2) is 71.1 Å². The lowest BCUT2D eigenvalue weighted by Gasteiger charge is -2.33. The molecule has 0 unspecified atom stereocenters. The van der Waals surface area contributed by atoms with Crippen molar-refractivity contribution in [3.05, 3.63) is 0 Å². The van der Waals surface area contributed by atoms with Crippen LogP contribution in [0.1, 0.15) is 12.8 Å². The van der Waals surface area contributed by atoms with E-state index in [4.69, 9.17) is 15.3 Å². The summed E-state index contributed by atoms with van der Waals surface area (Å²) in [5.74, 6) is -0.801. The molecule has 15 heavy (non-hydrogen) atoms. The van der Waals surface area contributed by atoms with Gasteiger partial charge in [-0.2, -0.15) is 0 Å². The van der Waals surface area contributed by atoms with E-state index in [1.165, 1.54) is 0 Å². The molecule has 6 nitrogen and oxygen atoms in total. The molecule has 0 fully saturated rings. The van der Waals surface area contributed by atoms with Gasteiger partial charge < -0.3 is 25.3 Å². The van der Waals surface area contributed by atoms with Crippen molar-refractivity contribution in [1.82, 2.24) is 0 Å². The first-order valence-electron chi connectivity index (χ1n) is 4.81. The molecule has 0 bridgehead atoms. The van der Waals surface area contributed by atoms with E-state index in [1.807, 2.05) is 7.05 Å². The third-order valence-electron chi connectivity index (χ3n) is 2.37. The van der Waals surface area contributed by atoms with Gasteiger partial charge in [0, 0.05) is 6.42 Å². The largest absolute Gasteiger partial charge is 0.870 e. The summed E-state index contributed by atoms with van der Waals surface area (Å²) in [5.41, 5.74) is 0. The Morgan fingerprint density at radius 2 is 1.60 bits per heavy atom. The molecule has 0 radical (unpaired) electrons. The van der Waals surface area contributed by atoms with Crippen LogP contribution in [0.2, 0.25) is 0 Å². The molecule has 0 amide bonds. The summed E-state index contributed by atoms with van der Waals surface area (Å²) in [5, 5.41) is 26.1. The van der Waals surface area contributed by atoms with Crippen molar-refractivity contribution < 1.29 is 30.1 Å². The van der Waals surface area contributed by atoms with E-state index < -0.39 is 5.97 Å². The average molecular weight is 223 g/mol. The molecule has 0 heterocycles. The van der Waals surface area contributed by atoms with E-state index >= 15 is 0 Å². The highest BCUT2D eigenvalue weighted by Crippen LogP contribution is 2.04. The molecule has 0 aromatic carbocycles. The van der Waals surface area contributed by atoms with E-state index in [1.54, 1.807) is 0 Å². The second kappa shape index (κ2) is 8.60. The first-order chi connectivity index (χ1) is 6.54. The van der Waals surface area contributed by atoms with Crippen LogP contribution in [0.4, 0.5) is 0 Å². The van der Waals surface area contributed by atoms with Crippen LogP contribution in [0.3, 0.4) is 0 Å². The number of hydrogen-bond acceptors (Lipinski definition) is 4.